The molecular formula is C10H15N3O. The molecule has 1 aromatic rings. The lowest BCUT2D eigenvalue weighted by Crippen LogP contribution is -2.34. The first kappa shape index (κ1) is 9.40. The van der Waals surface area contributed by atoms with E-state index in [1.165, 1.54) is 0 Å². The average Bonchev–Trinajstić information content (AvgIpc) is 2.50. The summed E-state index contributed by atoms with van der Waals surface area (Å²) in [4.78, 5) is 18.8. The molecule has 0 spiro atoms. The third-order valence-electron chi connectivity index (χ3n) is 2.55. The second kappa shape index (κ2) is 2.92. The van der Waals surface area contributed by atoms with E-state index < -0.39 is 5.54 Å². The second-order valence-electron chi connectivity index (χ2n) is 4.42. The Morgan fingerprint density at radius 2 is 2.14 bits per heavy atom. The van der Waals surface area contributed by atoms with Gasteiger partial charge in [-0.1, -0.05) is 0 Å². The van der Waals surface area contributed by atoms with Gasteiger partial charge >= 0.3 is 0 Å². The summed E-state index contributed by atoms with van der Waals surface area (Å²) in [5.74, 6) is 0.586. The second-order valence-corrected chi connectivity index (χ2v) is 4.42. The summed E-state index contributed by atoms with van der Waals surface area (Å²) in [6.45, 7) is 3.68. The molecule has 0 aromatic carbocycles. The molecule has 1 aromatic heterocycles. The van der Waals surface area contributed by atoms with Gasteiger partial charge in [-0.3, -0.25) is 4.79 Å². The smallest absolute Gasteiger partial charge is 0.254 e. The standard InChI is InChI=1S/C10H15N3O/c1-10(2,11)9-12-7-5-3-4-6(7)8(14)13-9/h3-5,11H2,1-2H3,(H,12,13,14). The Morgan fingerprint density at radius 1 is 1.43 bits per heavy atom. The van der Waals surface area contributed by atoms with Gasteiger partial charge in [0.1, 0.15) is 5.82 Å². The van der Waals surface area contributed by atoms with Gasteiger partial charge < -0.3 is 10.7 Å². The van der Waals surface area contributed by atoms with E-state index in [1.807, 2.05) is 13.8 Å². The van der Waals surface area contributed by atoms with E-state index in [0.717, 1.165) is 30.5 Å². The fourth-order valence-corrected chi connectivity index (χ4v) is 1.75. The molecule has 4 heteroatoms. The van der Waals surface area contributed by atoms with Crippen molar-refractivity contribution in [1.82, 2.24) is 9.97 Å². The minimum absolute atomic E-state index is 0.0129. The van der Waals surface area contributed by atoms with E-state index in [-0.39, 0.29) is 5.56 Å². The van der Waals surface area contributed by atoms with Crippen molar-refractivity contribution in [3.8, 4) is 0 Å². The van der Waals surface area contributed by atoms with Crippen molar-refractivity contribution in [3.63, 3.8) is 0 Å². The molecule has 0 radical (unpaired) electrons. The summed E-state index contributed by atoms with van der Waals surface area (Å²) in [5.41, 5.74) is 7.08. The SMILES string of the molecule is CC(C)(N)c1nc2c(c(=O)[nH]1)CCC2. The summed E-state index contributed by atoms with van der Waals surface area (Å²) in [6, 6.07) is 0. The number of hydrogen-bond acceptors (Lipinski definition) is 3. The van der Waals surface area contributed by atoms with Crippen LogP contribution in [0.25, 0.3) is 0 Å². The number of fused-ring (bicyclic) bond motifs is 1. The topological polar surface area (TPSA) is 71.8 Å². The van der Waals surface area contributed by atoms with Gasteiger partial charge in [0, 0.05) is 5.56 Å². The van der Waals surface area contributed by atoms with E-state index in [9.17, 15) is 4.79 Å². The van der Waals surface area contributed by atoms with Crippen LogP contribution in [0.15, 0.2) is 4.79 Å². The minimum atomic E-state index is -0.573. The highest BCUT2D eigenvalue weighted by molar-refractivity contribution is 5.24. The number of H-pyrrole nitrogens is 1. The van der Waals surface area contributed by atoms with Crippen molar-refractivity contribution in [2.45, 2.75) is 38.6 Å². The van der Waals surface area contributed by atoms with Gasteiger partial charge in [-0.25, -0.2) is 4.98 Å². The molecule has 0 saturated carbocycles. The monoisotopic (exact) mass is 193 g/mol. The van der Waals surface area contributed by atoms with Crippen LogP contribution in [-0.2, 0) is 18.4 Å². The van der Waals surface area contributed by atoms with E-state index in [2.05, 4.69) is 9.97 Å². The molecule has 0 amide bonds. The molecule has 1 aliphatic carbocycles. The maximum atomic E-state index is 11.6. The first-order chi connectivity index (χ1) is 6.48. The van der Waals surface area contributed by atoms with Crippen LogP contribution in [0.5, 0.6) is 0 Å². The zero-order chi connectivity index (χ0) is 10.3. The van der Waals surface area contributed by atoms with Crippen LogP contribution in [0.4, 0.5) is 0 Å². The number of hydrogen-bond donors (Lipinski definition) is 2. The molecule has 1 aliphatic rings. The number of nitrogens with one attached hydrogen (secondary N) is 1. The fraction of sp³-hybridized carbons (Fsp3) is 0.600. The minimum Gasteiger partial charge on any atom is -0.319 e. The highest BCUT2D eigenvalue weighted by atomic mass is 16.1. The predicted molar refractivity (Wildman–Crippen MR) is 54.1 cm³/mol. The number of aromatic amines is 1. The van der Waals surface area contributed by atoms with Crippen LogP contribution >= 0.6 is 0 Å². The quantitative estimate of drug-likeness (QED) is 0.680. The molecule has 0 unspecified atom stereocenters. The van der Waals surface area contributed by atoms with Crippen molar-refractivity contribution < 1.29 is 0 Å². The van der Waals surface area contributed by atoms with Crippen LogP contribution in [0, 0.1) is 0 Å². The van der Waals surface area contributed by atoms with E-state index >= 15 is 0 Å². The predicted octanol–water partition coefficient (Wildman–Crippen LogP) is 0.452. The maximum Gasteiger partial charge on any atom is 0.254 e. The number of rotatable bonds is 1. The molecule has 14 heavy (non-hydrogen) atoms. The van der Waals surface area contributed by atoms with Crippen molar-refractivity contribution in [3.05, 3.63) is 27.4 Å². The molecule has 0 bridgehead atoms. The van der Waals surface area contributed by atoms with Gasteiger partial charge in [-0.05, 0) is 33.1 Å². The lowest BCUT2D eigenvalue weighted by Gasteiger charge is -2.17. The van der Waals surface area contributed by atoms with Crippen molar-refractivity contribution in [2.24, 2.45) is 5.73 Å². The molecule has 0 atom stereocenters. The van der Waals surface area contributed by atoms with Gasteiger partial charge in [-0.15, -0.1) is 0 Å². The van der Waals surface area contributed by atoms with Crippen LogP contribution in [-0.4, -0.2) is 9.97 Å². The molecule has 0 fully saturated rings. The number of aryl methyl sites for hydroxylation is 1. The van der Waals surface area contributed by atoms with Crippen LogP contribution in [0.2, 0.25) is 0 Å². The molecule has 0 aliphatic heterocycles. The van der Waals surface area contributed by atoms with E-state index in [0.29, 0.717) is 5.82 Å². The van der Waals surface area contributed by atoms with Crippen LogP contribution in [0.3, 0.4) is 0 Å². The summed E-state index contributed by atoms with van der Waals surface area (Å²) >= 11 is 0. The van der Waals surface area contributed by atoms with Gasteiger partial charge in [-0.2, -0.15) is 0 Å². The molecule has 4 nitrogen and oxygen atoms in total. The lowest BCUT2D eigenvalue weighted by molar-refractivity contribution is 0.508. The molecule has 0 saturated heterocycles. The molecular weight excluding hydrogens is 178 g/mol. The summed E-state index contributed by atoms with van der Waals surface area (Å²) < 4.78 is 0. The van der Waals surface area contributed by atoms with Crippen molar-refractivity contribution in [1.29, 1.82) is 0 Å². The van der Waals surface area contributed by atoms with Crippen molar-refractivity contribution >= 4 is 0 Å². The van der Waals surface area contributed by atoms with Crippen LogP contribution < -0.4 is 11.3 Å². The summed E-state index contributed by atoms with van der Waals surface area (Å²) in [6.07, 6.45) is 2.78. The Bertz CT molecular complexity index is 414. The fourth-order valence-electron chi connectivity index (χ4n) is 1.75. The van der Waals surface area contributed by atoms with E-state index in [1.54, 1.807) is 0 Å². The van der Waals surface area contributed by atoms with Gasteiger partial charge in [0.15, 0.2) is 0 Å². The third kappa shape index (κ3) is 1.46. The lowest BCUT2D eigenvalue weighted by atomic mass is 10.1. The molecule has 3 N–H and O–H groups in total. The highest BCUT2D eigenvalue weighted by Crippen LogP contribution is 2.18. The number of nitrogens with two attached hydrogens (primary N) is 1. The zero-order valence-electron chi connectivity index (χ0n) is 8.55. The largest absolute Gasteiger partial charge is 0.319 e. The highest BCUT2D eigenvalue weighted by Gasteiger charge is 2.22. The molecule has 2 rings (SSSR count). The molecule has 76 valence electrons. The van der Waals surface area contributed by atoms with Gasteiger partial charge in [0.25, 0.3) is 5.56 Å². The number of nitrogens with zero attached hydrogens (tertiary/aromatic N) is 1. The molecule has 1 heterocycles. The first-order valence-electron chi connectivity index (χ1n) is 4.90. The Kier molecular flexibility index (Phi) is 1.96. The average molecular weight is 193 g/mol. The number of aromatic nitrogens is 2. The van der Waals surface area contributed by atoms with Gasteiger partial charge in [0.05, 0.1) is 11.2 Å². The summed E-state index contributed by atoms with van der Waals surface area (Å²) in [7, 11) is 0. The van der Waals surface area contributed by atoms with Crippen molar-refractivity contribution in [2.75, 3.05) is 0 Å². The first-order valence-corrected chi connectivity index (χ1v) is 4.90. The Hall–Kier alpha value is -1.16. The Balaban J connectivity index is 2.58. The van der Waals surface area contributed by atoms with Gasteiger partial charge in [0.2, 0.25) is 0 Å². The summed E-state index contributed by atoms with van der Waals surface area (Å²) in [5, 5.41) is 0. The van der Waals surface area contributed by atoms with Crippen LogP contribution in [0.1, 0.15) is 37.4 Å². The maximum absolute atomic E-state index is 11.6. The zero-order valence-corrected chi connectivity index (χ0v) is 8.55. The van der Waals surface area contributed by atoms with E-state index in [4.69, 9.17) is 5.73 Å². The normalized spacial score (nSPS) is 15.6. The third-order valence-corrected chi connectivity index (χ3v) is 2.55. The Labute approximate surface area is 82.6 Å². The Morgan fingerprint density at radius 3 is 2.79 bits per heavy atom.